The zero-order valence-corrected chi connectivity index (χ0v) is 19.0. The van der Waals surface area contributed by atoms with Gasteiger partial charge in [0.1, 0.15) is 10.7 Å². The number of hydrogen-bond donors (Lipinski definition) is 2. The van der Waals surface area contributed by atoms with Crippen molar-refractivity contribution in [2.24, 2.45) is 0 Å². The number of rotatable bonds is 7. The fourth-order valence-corrected chi connectivity index (χ4v) is 5.67. The number of carbonyl (C=O) groups excluding carboxylic acids is 1. The van der Waals surface area contributed by atoms with E-state index in [9.17, 15) is 17.6 Å². The molecule has 9 heteroatoms. The summed E-state index contributed by atoms with van der Waals surface area (Å²) in [4.78, 5) is 13.1. The van der Waals surface area contributed by atoms with E-state index in [0.29, 0.717) is 21.0 Å². The molecule has 0 bridgehead atoms. The van der Waals surface area contributed by atoms with Crippen molar-refractivity contribution < 1.29 is 17.6 Å². The van der Waals surface area contributed by atoms with Crippen LogP contribution in [0.15, 0.2) is 77.7 Å². The Morgan fingerprint density at radius 3 is 2.41 bits per heavy atom. The first-order valence-electron chi connectivity index (χ1n) is 9.62. The summed E-state index contributed by atoms with van der Waals surface area (Å²) >= 11 is 7.66. The van der Waals surface area contributed by atoms with E-state index < -0.39 is 15.8 Å². The van der Waals surface area contributed by atoms with Gasteiger partial charge < -0.3 is 5.32 Å². The topological polar surface area (TPSA) is 75.3 Å². The number of benzene rings is 3. The Morgan fingerprint density at radius 2 is 1.66 bits per heavy atom. The highest BCUT2D eigenvalue weighted by molar-refractivity contribution is 7.89. The number of fused-ring (bicyclic) bond motifs is 1. The van der Waals surface area contributed by atoms with Crippen molar-refractivity contribution in [2.45, 2.75) is 18.0 Å². The smallest absolute Gasteiger partial charge is 0.263 e. The molecule has 3 aromatic carbocycles. The summed E-state index contributed by atoms with van der Waals surface area (Å²) in [5, 5.41) is 4.01. The van der Waals surface area contributed by atoms with E-state index in [1.165, 1.54) is 41.7 Å². The molecule has 0 saturated carbocycles. The number of nitrogens with one attached hydrogen (secondary N) is 2. The average molecular weight is 489 g/mol. The third-order valence-corrected chi connectivity index (χ3v) is 7.83. The van der Waals surface area contributed by atoms with Crippen LogP contribution in [0.4, 0.5) is 4.39 Å². The SMILES string of the molecule is O=C(NCc1cccc(S(=O)(=O)NCc2cccc(F)c2)c1)c1sc2ccccc2c1Cl. The lowest BCUT2D eigenvalue weighted by molar-refractivity contribution is 0.0955. The van der Waals surface area contributed by atoms with E-state index in [1.807, 2.05) is 24.3 Å². The molecule has 0 radical (unpaired) electrons. The van der Waals surface area contributed by atoms with Crippen molar-refractivity contribution >= 4 is 49.0 Å². The zero-order valence-electron chi connectivity index (χ0n) is 16.6. The van der Waals surface area contributed by atoms with Gasteiger partial charge in [0, 0.05) is 23.2 Å². The van der Waals surface area contributed by atoms with Crippen LogP contribution in [0.1, 0.15) is 20.8 Å². The second-order valence-corrected chi connectivity index (χ2v) is 10.2. The molecule has 0 unspecified atom stereocenters. The van der Waals surface area contributed by atoms with Crippen LogP contribution in [0.2, 0.25) is 5.02 Å². The molecule has 164 valence electrons. The molecule has 1 aromatic heterocycles. The van der Waals surface area contributed by atoms with E-state index in [2.05, 4.69) is 10.0 Å². The quantitative estimate of drug-likeness (QED) is 0.380. The van der Waals surface area contributed by atoms with Gasteiger partial charge in [-0.05, 0) is 41.5 Å². The third-order valence-electron chi connectivity index (χ3n) is 4.76. The highest BCUT2D eigenvalue weighted by Gasteiger charge is 2.18. The molecule has 4 aromatic rings. The van der Waals surface area contributed by atoms with Crippen LogP contribution in [-0.2, 0) is 23.1 Å². The number of carbonyl (C=O) groups is 1. The van der Waals surface area contributed by atoms with Gasteiger partial charge in [-0.2, -0.15) is 0 Å². The van der Waals surface area contributed by atoms with Crippen LogP contribution in [0.25, 0.3) is 10.1 Å². The van der Waals surface area contributed by atoms with E-state index in [4.69, 9.17) is 11.6 Å². The van der Waals surface area contributed by atoms with Crippen molar-refractivity contribution in [1.82, 2.24) is 10.0 Å². The molecule has 1 amide bonds. The molecule has 0 aliphatic carbocycles. The van der Waals surface area contributed by atoms with Gasteiger partial charge in [-0.3, -0.25) is 4.79 Å². The van der Waals surface area contributed by atoms with Crippen LogP contribution >= 0.6 is 22.9 Å². The van der Waals surface area contributed by atoms with Gasteiger partial charge >= 0.3 is 0 Å². The summed E-state index contributed by atoms with van der Waals surface area (Å²) in [6, 6.07) is 19.5. The fraction of sp³-hybridized carbons (Fsp3) is 0.0870. The normalized spacial score (nSPS) is 11.6. The lowest BCUT2D eigenvalue weighted by Gasteiger charge is -2.09. The van der Waals surface area contributed by atoms with Gasteiger partial charge in [-0.15, -0.1) is 11.3 Å². The lowest BCUT2D eigenvalue weighted by atomic mass is 10.2. The Bertz CT molecular complexity index is 1400. The second kappa shape index (κ2) is 9.38. The largest absolute Gasteiger partial charge is 0.347 e. The molecule has 0 atom stereocenters. The first-order chi connectivity index (χ1) is 15.3. The van der Waals surface area contributed by atoms with E-state index in [1.54, 1.807) is 18.2 Å². The maximum absolute atomic E-state index is 13.3. The molecule has 0 aliphatic rings. The van der Waals surface area contributed by atoms with E-state index in [-0.39, 0.29) is 23.9 Å². The molecule has 0 fully saturated rings. The van der Waals surface area contributed by atoms with Gasteiger partial charge in [-0.25, -0.2) is 17.5 Å². The minimum Gasteiger partial charge on any atom is -0.347 e. The molecule has 4 rings (SSSR count). The van der Waals surface area contributed by atoms with Gasteiger partial charge in [0.05, 0.1) is 9.92 Å². The summed E-state index contributed by atoms with van der Waals surface area (Å²) in [5.74, 6) is -0.758. The predicted molar refractivity (Wildman–Crippen MR) is 125 cm³/mol. The Hall–Kier alpha value is -2.78. The number of thiophene rings is 1. The fourth-order valence-electron chi connectivity index (χ4n) is 3.15. The van der Waals surface area contributed by atoms with Crippen molar-refractivity contribution in [2.75, 3.05) is 0 Å². The molecule has 5 nitrogen and oxygen atoms in total. The highest BCUT2D eigenvalue weighted by Crippen LogP contribution is 2.35. The summed E-state index contributed by atoms with van der Waals surface area (Å²) in [6.07, 6.45) is 0. The molecular weight excluding hydrogens is 471 g/mol. The van der Waals surface area contributed by atoms with Crippen molar-refractivity contribution in [3.63, 3.8) is 0 Å². The number of sulfonamides is 1. The Labute approximate surface area is 193 Å². The average Bonchev–Trinajstić information content (AvgIpc) is 3.13. The third kappa shape index (κ3) is 4.99. The molecule has 0 aliphatic heterocycles. The monoisotopic (exact) mass is 488 g/mol. The van der Waals surface area contributed by atoms with Crippen molar-refractivity contribution in [3.8, 4) is 0 Å². The summed E-state index contributed by atoms with van der Waals surface area (Å²) in [7, 11) is -3.81. The minimum atomic E-state index is -3.81. The Kier molecular flexibility index (Phi) is 6.57. The second-order valence-electron chi connectivity index (χ2n) is 7.03. The number of amides is 1. The highest BCUT2D eigenvalue weighted by atomic mass is 35.5. The molecule has 32 heavy (non-hydrogen) atoms. The molecule has 2 N–H and O–H groups in total. The van der Waals surface area contributed by atoms with Crippen LogP contribution in [0.5, 0.6) is 0 Å². The minimum absolute atomic E-state index is 0.0362. The summed E-state index contributed by atoms with van der Waals surface area (Å²) in [6.45, 7) is 0.0994. The summed E-state index contributed by atoms with van der Waals surface area (Å²) in [5.41, 5.74) is 1.13. The summed E-state index contributed by atoms with van der Waals surface area (Å²) < 4.78 is 42.0. The van der Waals surface area contributed by atoms with E-state index >= 15 is 0 Å². The van der Waals surface area contributed by atoms with Crippen molar-refractivity contribution in [1.29, 1.82) is 0 Å². The van der Waals surface area contributed by atoms with Crippen LogP contribution in [-0.4, -0.2) is 14.3 Å². The zero-order chi connectivity index (χ0) is 22.7. The first-order valence-corrected chi connectivity index (χ1v) is 12.3. The molecule has 0 saturated heterocycles. The van der Waals surface area contributed by atoms with Crippen LogP contribution in [0.3, 0.4) is 0 Å². The molecule has 0 spiro atoms. The van der Waals surface area contributed by atoms with Gasteiger partial charge in [0.15, 0.2) is 0 Å². The Balaban J connectivity index is 1.44. The standard InChI is InChI=1S/C23H18ClFN2O3S2/c24-21-19-9-1-2-10-20(19)31-22(21)23(28)26-13-16-6-4-8-18(12-16)32(29,30)27-14-15-5-3-7-17(25)11-15/h1-12,27H,13-14H2,(H,26,28). The van der Waals surface area contributed by atoms with E-state index in [0.717, 1.165) is 10.1 Å². The number of hydrogen-bond acceptors (Lipinski definition) is 4. The van der Waals surface area contributed by atoms with Crippen molar-refractivity contribution in [3.05, 3.63) is 99.6 Å². The molecular formula is C23H18ClFN2O3S2. The first kappa shape index (κ1) is 22.4. The van der Waals surface area contributed by atoms with Crippen LogP contribution in [0, 0.1) is 5.82 Å². The molecule has 1 heterocycles. The van der Waals surface area contributed by atoms with Gasteiger partial charge in [0.2, 0.25) is 10.0 Å². The maximum Gasteiger partial charge on any atom is 0.263 e. The van der Waals surface area contributed by atoms with Gasteiger partial charge in [0.25, 0.3) is 5.91 Å². The maximum atomic E-state index is 13.3. The Morgan fingerprint density at radius 1 is 0.938 bits per heavy atom. The predicted octanol–water partition coefficient (Wildman–Crippen LogP) is 5.10. The van der Waals surface area contributed by atoms with Gasteiger partial charge in [-0.1, -0.05) is 54.1 Å². The van der Waals surface area contributed by atoms with Crippen LogP contribution < -0.4 is 10.0 Å². The number of halogens is 2. The lowest BCUT2D eigenvalue weighted by Crippen LogP contribution is -2.24.